The van der Waals surface area contributed by atoms with Gasteiger partial charge in [0.25, 0.3) is 0 Å². The molecule has 2 rings (SSSR count). The van der Waals surface area contributed by atoms with Gasteiger partial charge in [0.15, 0.2) is 0 Å². The minimum atomic E-state index is -3.79. The van der Waals surface area contributed by atoms with E-state index in [1.807, 2.05) is 13.8 Å². The molecule has 0 bridgehead atoms. The molecule has 122 valence electrons. The van der Waals surface area contributed by atoms with Crippen molar-refractivity contribution in [1.82, 2.24) is 4.31 Å². The maximum Gasteiger partial charge on any atom is 0.384 e. The van der Waals surface area contributed by atoms with Crippen LogP contribution in [0.5, 0.6) is 11.5 Å². The van der Waals surface area contributed by atoms with Gasteiger partial charge >= 0.3 is 10.3 Å². The summed E-state index contributed by atoms with van der Waals surface area (Å²) in [6, 6.07) is 4.92. The lowest BCUT2D eigenvalue weighted by atomic mass is 9.85. The summed E-state index contributed by atoms with van der Waals surface area (Å²) < 4.78 is 41.1. The highest BCUT2D eigenvalue weighted by molar-refractivity contribution is 7.84. The first kappa shape index (κ1) is 16.8. The zero-order chi connectivity index (χ0) is 16.5. The molecule has 0 amide bonds. The molecule has 0 spiro atoms. The van der Waals surface area contributed by atoms with Crippen LogP contribution in [0.25, 0.3) is 0 Å². The third kappa shape index (κ3) is 3.11. The monoisotopic (exact) mass is 327 g/mol. The summed E-state index contributed by atoms with van der Waals surface area (Å²) in [6.07, 6.45) is 1.20. The van der Waals surface area contributed by atoms with Gasteiger partial charge in [-0.3, -0.25) is 0 Å². The first-order chi connectivity index (χ1) is 10.2. The molecule has 0 fully saturated rings. The average Bonchev–Trinajstić information content (AvgIpc) is 2.67. The molecule has 0 saturated heterocycles. The first-order valence-corrected chi connectivity index (χ1v) is 8.20. The van der Waals surface area contributed by atoms with E-state index in [2.05, 4.69) is 6.58 Å². The van der Waals surface area contributed by atoms with Gasteiger partial charge in [0.05, 0.1) is 12.0 Å². The van der Waals surface area contributed by atoms with E-state index in [-0.39, 0.29) is 5.75 Å². The van der Waals surface area contributed by atoms with Gasteiger partial charge in [0, 0.05) is 19.7 Å². The number of ether oxygens (including phenoxy) is 2. The van der Waals surface area contributed by atoms with Gasteiger partial charge in [-0.05, 0) is 32.0 Å². The Kier molecular flexibility index (Phi) is 4.51. The molecule has 7 heteroatoms. The number of rotatable bonds is 6. The van der Waals surface area contributed by atoms with Crippen LogP contribution < -0.4 is 8.92 Å². The summed E-state index contributed by atoms with van der Waals surface area (Å²) in [5.41, 5.74) is 0.410. The van der Waals surface area contributed by atoms with Gasteiger partial charge in [-0.15, -0.1) is 6.58 Å². The second-order valence-electron chi connectivity index (χ2n) is 5.77. The van der Waals surface area contributed by atoms with E-state index in [0.717, 1.165) is 9.87 Å². The van der Waals surface area contributed by atoms with E-state index in [9.17, 15) is 8.42 Å². The Morgan fingerprint density at radius 2 is 2.09 bits per heavy atom. The molecule has 1 heterocycles. The van der Waals surface area contributed by atoms with E-state index in [4.69, 9.17) is 13.7 Å². The largest absolute Gasteiger partial charge is 0.464 e. The molecule has 1 atom stereocenters. The molecule has 22 heavy (non-hydrogen) atoms. The minimum absolute atomic E-state index is 0.244. The van der Waals surface area contributed by atoms with Crippen molar-refractivity contribution in [3.8, 4) is 11.5 Å². The molecular weight excluding hydrogens is 306 g/mol. The Bertz CT molecular complexity index is 667. The molecule has 6 nitrogen and oxygen atoms in total. The fourth-order valence-corrected chi connectivity index (χ4v) is 2.65. The fourth-order valence-electron chi connectivity index (χ4n) is 2.15. The van der Waals surface area contributed by atoms with Crippen LogP contribution in [0.1, 0.15) is 19.4 Å². The van der Waals surface area contributed by atoms with Crippen LogP contribution >= 0.6 is 0 Å². The normalized spacial score (nSPS) is 19.6. The van der Waals surface area contributed by atoms with Crippen LogP contribution in [0.15, 0.2) is 30.9 Å². The molecule has 1 unspecified atom stereocenters. The van der Waals surface area contributed by atoms with Crippen molar-refractivity contribution in [2.24, 2.45) is 0 Å². The Morgan fingerprint density at radius 3 is 2.68 bits per heavy atom. The van der Waals surface area contributed by atoms with Crippen LogP contribution in [0, 0.1) is 0 Å². The molecule has 0 radical (unpaired) electrons. The number of hydrogen-bond donors (Lipinski definition) is 0. The molecular formula is C15H21NO5S. The van der Waals surface area contributed by atoms with Gasteiger partial charge in [-0.1, -0.05) is 6.08 Å². The lowest BCUT2D eigenvalue weighted by Gasteiger charge is -2.25. The SMILES string of the molecule is C=CCOC1Oc2ccc(OS(=O)(=O)N(C)C)cc2C1(C)C. The summed E-state index contributed by atoms with van der Waals surface area (Å²) in [5, 5.41) is 0. The standard InChI is InChI=1S/C15H21NO5S/c1-6-9-19-14-15(2,3)12-10-11(7-8-13(12)20-14)21-22(17,18)16(4)5/h6-8,10,14H,1,9H2,2-5H3. The van der Waals surface area contributed by atoms with Crippen molar-refractivity contribution in [3.63, 3.8) is 0 Å². The van der Waals surface area contributed by atoms with E-state index in [0.29, 0.717) is 12.4 Å². The maximum atomic E-state index is 11.8. The number of hydrogen-bond acceptors (Lipinski definition) is 5. The molecule has 1 aliphatic heterocycles. The molecule has 0 aliphatic carbocycles. The summed E-state index contributed by atoms with van der Waals surface area (Å²) in [6.45, 7) is 7.93. The predicted octanol–water partition coefficient (Wildman–Crippen LogP) is 2.07. The van der Waals surface area contributed by atoms with Crippen molar-refractivity contribution in [3.05, 3.63) is 36.4 Å². The van der Waals surface area contributed by atoms with Crippen molar-refractivity contribution in [1.29, 1.82) is 0 Å². The third-order valence-electron chi connectivity index (χ3n) is 3.48. The summed E-state index contributed by atoms with van der Waals surface area (Å²) in [4.78, 5) is 0. The highest BCUT2D eigenvalue weighted by Gasteiger charge is 2.42. The van der Waals surface area contributed by atoms with Crippen molar-refractivity contribution < 1.29 is 22.1 Å². The van der Waals surface area contributed by atoms with Crippen LogP contribution in [-0.2, 0) is 20.5 Å². The summed E-state index contributed by atoms with van der Waals surface area (Å²) in [7, 11) is -0.962. The van der Waals surface area contributed by atoms with E-state index >= 15 is 0 Å². The molecule has 0 saturated carbocycles. The first-order valence-electron chi connectivity index (χ1n) is 6.84. The number of nitrogens with zero attached hydrogens (tertiary/aromatic N) is 1. The van der Waals surface area contributed by atoms with E-state index < -0.39 is 22.0 Å². The highest BCUT2D eigenvalue weighted by atomic mass is 32.2. The summed E-state index contributed by atoms with van der Waals surface area (Å²) in [5.74, 6) is 0.905. The Morgan fingerprint density at radius 1 is 1.41 bits per heavy atom. The third-order valence-corrected chi connectivity index (χ3v) is 4.78. The zero-order valence-corrected chi connectivity index (χ0v) is 14.0. The molecule has 1 aromatic rings. The lowest BCUT2D eigenvalue weighted by Crippen LogP contribution is -2.34. The quantitative estimate of drug-likeness (QED) is 0.748. The zero-order valence-electron chi connectivity index (χ0n) is 13.2. The topological polar surface area (TPSA) is 65.1 Å². The van der Waals surface area contributed by atoms with Crippen molar-refractivity contribution >= 4 is 10.3 Å². The Labute approximate surface area is 131 Å². The van der Waals surface area contributed by atoms with Crippen LogP contribution in [0.3, 0.4) is 0 Å². The van der Waals surface area contributed by atoms with Gasteiger partial charge in [-0.2, -0.15) is 12.7 Å². The Balaban J connectivity index is 2.29. The van der Waals surface area contributed by atoms with E-state index in [1.165, 1.54) is 14.1 Å². The molecule has 0 N–H and O–H groups in total. The number of benzene rings is 1. The number of fused-ring (bicyclic) bond motifs is 1. The molecule has 1 aromatic carbocycles. The van der Waals surface area contributed by atoms with E-state index in [1.54, 1.807) is 24.3 Å². The predicted molar refractivity (Wildman–Crippen MR) is 83.3 cm³/mol. The van der Waals surface area contributed by atoms with Gasteiger partial charge < -0.3 is 13.7 Å². The summed E-state index contributed by atoms with van der Waals surface area (Å²) >= 11 is 0. The average molecular weight is 327 g/mol. The Hall–Kier alpha value is -1.57. The second kappa shape index (κ2) is 5.91. The van der Waals surface area contributed by atoms with Gasteiger partial charge in [-0.25, -0.2) is 0 Å². The van der Waals surface area contributed by atoms with Gasteiger partial charge in [0.1, 0.15) is 11.5 Å². The van der Waals surface area contributed by atoms with Crippen molar-refractivity contribution in [2.45, 2.75) is 25.6 Å². The minimum Gasteiger partial charge on any atom is -0.464 e. The molecule has 0 aromatic heterocycles. The van der Waals surface area contributed by atoms with Crippen LogP contribution in [0.2, 0.25) is 0 Å². The van der Waals surface area contributed by atoms with Gasteiger partial charge in [0.2, 0.25) is 6.29 Å². The highest BCUT2D eigenvalue weighted by Crippen LogP contribution is 2.44. The smallest absolute Gasteiger partial charge is 0.384 e. The lowest BCUT2D eigenvalue weighted by molar-refractivity contribution is -0.0925. The van der Waals surface area contributed by atoms with Crippen LogP contribution in [-0.4, -0.2) is 39.7 Å². The second-order valence-corrected chi connectivity index (χ2v) is 7.53. The van der Waals surface area contributed by atoms with Crippen LogP contribution in [0.4, 0.5) is 0 Å². The maximum absolute atomic E-state index is 11.8. The molecule has 1 aliphatic rings. The van der Waals surface area contributed by atoms with Crippen molar-refractivity contribution in [2.75, 3.05) is 20.7 Å². The fraction of sp³-hybridized carbons (Fsp3) is 0.467.